The quantitative estimate of drug-likeness (QED) is 0.289. The standard InChI is InChI=1S/C14H27N3O6/c1-5-6(2)10(16-12(20)9(15)7(3)18)13(21)17-11(8(4)19)14(22)23/h6-11,18-19H,5,15H2,1-4H3,(H,16,20)(H,17,21)(H,22,23)/t6-,7+,8+,9-,10-,11-/m0/s1. The number of hydrogen-bond donors (Lipinski definition) is 6. The second kappa shape index (κ2) is 9.43. The van der Waals surface area contributed by atoms with E-state index in [1.165, 1.54) is 13.8 Å². The first-order valence-corrected chi connectivity index (χ1v) is 7.48. The van der Waals surface area contributed by atoms with Crippen LogP contribution in [0.3, 0.4) is 0 Å². The van der Waals surface area contributed by atoms with Gasteiger partial charge in [-0.3, -0.25) is 9.59 Å². The minimum Gasteiger partial charge on any atom is -0.480 e. The number of aliphatic hydroxyl groups is 2. The first-order chi connectivity index (χ1) is 10.5. The Bertz CT molecular complexity index is 427. The largest absolute Gasteiger partial charge is 0.480 e. The average molecular weight is 333 g/mol. The molecular weight excluding hydrogens is 306 g/mol. The highest BCUT2D eigenvalue weighted by molar-refractivity contribution is 5.92. The Hall–Kier alpha value is -1.71. The van der Waals surface area contributed by atoms with Gasteiger partial charge in [-0.25, -0.2) is 4.79 Å². The predicted molar refractivity (Wildman–Crippen MR) is 82.3 cm³/mol. The minimum absolute atomic E-state index is 0.302. The number of aliphatic carboxylic acids is 1. The molecule has 0 saturated carbocycles. The normalized spacial score (nSPS) is 18.9. The fraction of sp³-hybridized carbons (Fsp3) is 0.786. The van der Waals surface area contributed by atoms with Crippen molar-refractivity contribution in [3.8, 4) is 0 Å². The van der Waals surface area contributed by atoms with E-state index in [9.17, 15) is 24.6 Å². The highest BCUT2D eigenvalue weighted by Gasteiger charge is 2.33. The summed E-state index contributed by atoms with van der Waals surface area (Å²) in [6.07, 6.45) is -1.86. The van der Waals surface area contributed by atoms with E-state index in [0.717, 1.165) is 0 Å². The molecule has 0 saturated heterocycles. The summed E-state index contributed by atoms with van der Waals surface area (Å²) in [5.74, 6) is -3.14. The van der Waals surface area contributed by atoms with Gasteiger partial charge in [0.2, 0.25) is 11.8 Å². The van der Waals surface area contributed by atoms with Gasteiger partial charge in [-0.05, 0) is 19.8 Å². The van der Waals surface area contributed by atoms with E-state index in [1.807, 2.05) is 0 Å². The summed E-state index contributed by atoms with van der Waals surface area (Å²) in [5, 5.41) is 32.4. The predicted octanol–water partition coefficient (Wildman–Crippen LogP) is -1.82. The van der Waals surface area contributed by atoms with Crippen LogP contribution in [-0.2, 0) is 14.4 Å². The molecule has 0 aliphatic rings. The van der Waals surface area contributed by atoms with Crippen molar-refractivity contribution in [1.29, 1.82) is 0 Å². The Morgan fingerprint density at radius 2 is 1.43 bits per heavy atom. The number of rotatable bonds is 9. The van der Waals surface area contributed by atoms with E-state index in [1.54, 1.807) is 13.8 Å². The number of amides is 2. The van der Waals surface area contributed by atoms with Crippen LogP contribution in [0.4, 0.5) is 0 Å². The van der Waals surface area contributed by atoms with Gasteiger partial charge >= 0.3 is 5.97 Å². The van der Waals surface area contributed by atoms with Crippen LogP contribution < -0.4 is 16.4 Å². The van der Waals surface area contributed by atoms with E-state index in [2.05, 4.69) is 10.6 Å². The SMILES string of the molecule is CC[C@H](C)[C@H](NC(=O)[C@@H](N)[C@@H](C)O)C(=O)N[C@H](C(=O)O)[C@@H](C)O. The summed E-state index contributed by atoms with van der Waals surface area (Å²) in [5.41, 5.74) is 5.52. The zero-order valence-corrected chi connectivity index (χ0v) is 13.8. The van der Waals surface area contributed by atoms with Gasteiger partial charge in [0.05, 0.1) is 12.2 Å². The molecule has 0 radical (unpaired) electrons. The van der Waals surface area contributed by atoms with E-state index in [-0.39, 0.29) is 5.92 Å². The second-order valence-electron chi connectivity index (χ2n) is 5.70. The average Bonchev–Trinajstić information content (AvgIpc) is 2.47. The monoisotopic (exact) mass is 333 g/mol. The molecule has 0 aromatic rings. The maximum atomic E-state index is 12.3. The number of carboxylic acids is 1. The summed E-state index contributed by atoms with van der Waals surface area (Å²) in [7, 11) is 0. The van der Waals surface area contributed by atoms with Crippen LogP contribution in [0.15, 0.2) is 0 Å². The molecule has 134 valence electrons. The Kier molecular flexibility index (Phi) is 8.73. The van der Waals surface area contributed by atoms with Crippen LogP contribution >= 0.6 is 0 Å². The summed E-state index contributed by atoms with van der Waals surface area (Å²) in [4.78, 5) is 35.3. The van der Waals surface area contributed by atoms with E-state index in [4.69, 9.17) is 10.8 Å². The van der Waals surface area contributed by atoms with Crippen molar-refractivity contribution >= 4 is 17.8 Å². The summed E-state index contributed by atoms with van der Waals surface area (Å²) >= 11 is 0. The van der Waals surface area contributed by atoms with Crippen molar-refractivity contribution < 1.29 is 29.7 Å². The lowest BCUT2D eigenvalue weighted by Crippen LogP contribution is -2.59. The van der Waals surface area contributed by atoms with Gasteiger partial charge in [0.15, 0.2) is 6.04 Å². The number of carboxylic acid groups (broad SMARTS) is 1. The number of nitrogens with two attached hydrogens (primary N) is 1. The van der Waals surface area contributed by atoms with E-state index in [0.29, 0.717) is 6.42 Å². The summed E-state index contributed by atoms with van der Waals surface area (Å²) in [6.45, 7) is 6.08. The Balaban J connectivity index is 5.14. The third kappa shape index (κ3) is 6.51. The van der Waals surface area contributed by atoms with Crippen molar-refractivity contribution in [3.05, 3.63) is 0 Å². The van der Waals surface area contributed by atoms with Crippen LogP contribution in [-0.4, -0.2) is 63.4 Å². The highest BCUT2D eigenvalue weighted by Crippen LogP contribution is 2.09. The Morgan fingerprint density at radius 3 is 1.78 bits per heavy atom. The molecule has 6 atom stereocenters. The molecule has 0 aliphatic carbocycles. The topological polar surface area (TPSA) is 162 Å². The molecule has 2 amide bonds. The van der Waals surface area contributed by atoms with Gasteiger partial charge < -0.3 is 31.7 Å². The van der Waals surface area contributed by atoms with Gasteiger partial charge in [-0.15, -0.1) is 0 Å². The van der Waals surface area contributed by atoms with Gasteiger partial charge in [-0.2, -0.15) is 0 Å². The maximum absolute atomic E-state index is 12.3. The number of aliphatic hydroxyl groups excluding tert-OH is 2. The smallest absolute Gasteiger partial charge is 0.328 e. The lowest BCUT2D eigenvalue weighted by Gasteiger charge is -2.27. The molecule has 0 heterocycles. The number of carbonyl (C=O) groups is 3. The third-order valence-corrected chi connectivity index (χ3v) is 3.66. The number of nitrogens with one attached hydrogen (secondary N) is 2. The fourth-order valence-electron chi connectivity index (χ4n) is 1.80. The fourth-order valence-corrected chi connectivity index (χ4v) is 1.80. The zero-order valence-electron chi connectivity index (χ0n) is 13.8. The van der Waals surface area contributed by atoms with Crippen LogP contribution in [0.5, 0.6) is 0 Å². The molecule has 7 N–H and O–H groups in total. The lowest BCUT2D eigenvalue weighted by atomic mass is 9.97. The molecule has 23 heavy (non-hydrogen) atoms. The lowest BCUT2D eigenvalue weighted by molar-refractivity contribution is -0.145. The van der Waals surface area contributed by atoms with Gasteiger partial charge in [-0.1, -0.05) is 20.3 Å². The minimum atomic E-state index is -1.49. The van der Waals surface area contributed by atoms with E-state index >= 15 is 0 Å². The number of hydrogen-bond acceptors (Lipinski definition) is 6. The Morgan fingerprint density at radius 1 is 0.957 bits per heavy atom. The molecule has 0 aliphatic heterocycles. The van der Waals surface area contributed by atoms with Crippen molar-refractivity contribution in [1.82, 2.24) is 10.6 Å². The highest BCUT2D eigenvalue weighted by atomic mass is 16.4. The summed E-state index contributed by atoms with van der Waals surface area (Å²) in [6, 6.07) is -3.73. The van der Waals surface area contributed by atoms with Crippen molar-refractivity contribution in [3.63, 3.8) is 0 Å². The molecule has 0 rings (SSSR count). The van der Waals surface area contributed by atoms with Crippen LogP contribution in [0.25, 0.3) is 0 Å². The zero-order chi connectivity index (χ0) is 18.3. The number of carbonyl (C=O) groups excluding carboxylic acids is 2. The van der Waals surface area contributed by atoms with Crippen LogP contribution in [0.1, 0.15) is 34.1 Å². The molecule has 0 bridgehead atoms. The van der Waals surface area contributed by atoms with Crippen LogP contribution in [0.2, 0.25) is 0 Å². The molecular formula is C14H27N3O6. The first kappa shape index (κ1) is 21.3. The molecule has 0 fully saturated rings. The maximum Gasteiger partial charge on any atom is 0.328 e. The molecule has 0 unspecified atom stereocenters. The van der Waals surface area contributed by atoms with Crippen molar-refractivity contribution in [2.75, 3.05) is 0 Å². The molecule has 9 heteroatoms. The van der Waals surface area contributed by atoms with E-state index < -0.39 is 48.1 Å². The molecule has 0 aromatic carbocycles. The van der Waals surface area contributed by atoms with Crippen molar-refractivity contribution in [2.24, 2.45) is 11.7 Å². The second-order valence-corrected chi connectivity index (χ2v) is 5.70. The van der Waals surface area contributed by atoms with Crippen molar-refractivity contribution in [2.45, 2.75) is 64.4 Å². The van der Waals surface area contributed by atoms with Gasteiger partial charge in [0.25, 0.3) is 0 Å². The Labute approximate surface area is 135 Å². The molecule has 9 nitrogen and oxygen atoms in total. The van der Waals surface area contributed by atoms with Gasteiger partial charge in [0.1, 0.15) is 12.1 Å². The third-order valence-electron chi connectivity index (χ3n) is 3.66. The first-order valence-electron chi connectivity index (χ1n) is 7.48. The molecule has 0 aromatic heterocycles. The molecule has 0 spiro atoms. The van der Waals surface area contributed by atoms with Crippen LogP contribution in [0, 0.1) is 5.92 Å². The van der Waals surface area contributed by atoms with Gasteiger partial charge in [0, 0.05) is 0 Å². The summed E-state index contributed by atoms with van der Waals surface area (Å²) < 4.78 is 0.